The number of piperidine rings is 1. The van der Waals surface area contributed by atoms with Crippen LogP contribution in [-0.2, 0) is 11.3 Å². The molecule has 2 aliphatic rings. The third-order valence-corrected chi connectivity index (χ3v) is 4.24. The minimum absolute atomic E-state index is 0.327. The third kappa shape index (κ3) is 2.95. The molecule has 19 heavy (non-hydrogen) atoms. The molecular formula is C14H19ClN2O2. The number of hydrogen-bond donors (Lipinski definition) is 0. The van der Waals surface area contributed by atoms with Gasteiger partial charge in [0.15, 0.2) is 5.22 Å². The van der Waals surface area contributed by atoms with Crippen molar-refractivity contribution < 1.29 is 9.21 Å². The lowest BCUT2D eigenvalue weighted by Crippen LogP contribution is -2.48. The summed E-state index contributed by atoms with van der Waals surface area (Å²) in [5.41, 5.74) is 0. The van der Waals surface area contributed by atoms with Gasteiger partial charge in [-0.15, -0.1) is 0 Å². The number of nitrogens with zero attached hydrogens (tertiary/aromatic N) is 2. The highest BCUT2D eigenvalue weighted by molar-refractivity contribution is 6.28. The summed E-state index contributed by atoms with van der Waals surface area (Å²) in [5.74, 6) is 1.23. The fraction of sp³-hybridized carbons (Fsp3) is 0.643. The Morgan fingerprint density at radius 1 is 1.32 bits per heavy atom. The van der Waals surface area contributed by atoms with E-state index in [0.29, 0.717) is 17.2 Å². The normalized spacial score (nSPS) is 25.2. The van der Waals surface area contributed by atoms with Crippen molar-refractivity contribution in [1.82, 2.24) is 9.80 Å². The Balaban J connectivity index is 1.60. The average Bonchev–Trinajstić information content (AvgIpc) is 2.99. The van der Waals surface area contributed by atoms with Gasteiger partial charge >= 0.3 is 0 Å². The first-order chi connectivity index (χ1) is 9.22. The molecular weight excluding hydrogens is 264 g/mol. The Morgan fingerprint density at radius 3 is 2.89 bits per heavy atom. The van der Waals surface area contributed by atoms with Crippen LogP contribution in [0.5, 0.6) is 0 Å². The van der Waals surface area contributed by atoms with Crippen molar-refractivity contribution >= 4 is 17.5 Å². The molecule has 2 aliphatic heterocycles. The zero-order chi connectivity index (χ0) is 13.2. The zero-order valence-electron chi connectivity index (χ0n) is 11.0. The Morgan fingerprint density at radius 2 is 2.21 bits per heavy atom. The first-order valence-electron chi connectivity index (χ1n) is 6.98. The zero-order valence-corrected chi connectivity index (χ0v) is 11.7. The molecule has 5 heteroatoms. The molecule has 2 fully saturated rings. The van der Waals surface area contributed by atoms with Crippen molar-refractivity contribution in [2.24, 2.45) is 0 Å². The van der Waals surface area contributed by atoms with Crippen LogP contribution in [-0.4, -0.2) is 41.4 Å². The first-order valence-corrected chi connectivity index (χ1v) is 7.36. The lowest BCUT2D eigenvalue weighted by Gasteiger charge is -2.37. The van der Waals surface area contributed by atoms with Crippen LogP contribution < -0.4 is 0 Å². The maximum absolute atomic E-state index is 11.8. The summed E-state index contributed by atoms with van der Waals surface area (Å²) in [6, 6.07) is 4.09. The predicted molar refractivity (Wildman–Crippen MR) is 73.0 cm³/mol. The van der Waals surface area contributed by atoms with Gasteiger partial charge in [0.25, 0.3) is 0 Å². The number of halogens is 1. The molecule has 4 nitrogen and oxygen atoms in total. The standard InChI is InChI=1S/C14H19ClN2O2/c15-13-6-5-12(19-13)10-16-7-1-3-11(9-16)17-8-2-4-14(17)18/h5-6,11H,1-4,7-10H2. The monoisotopic (exact) mass is 282 g/mol. The Hall–Kier alpha value is -1.00. The molecule has 0 N–H and O–H groups in total. The molecule has 1 atom stereocenters. The molecule has 0 saturated carbocycles. The van der Waals surface area contributed by atoms with E-state index in [2.05, 4.69) is 9.80 Å². The SMILES string of the molecule is O=C1CCCN1C1CCCN(Cc2ccc(Cl)o2)C1. The number of carbonyl (C=O) groups is 1. The van der Waals surface area contributed by atoms with Gasteiger partial charge in [0.1, 0.15) is 5.76 Å². The van der Waals surface area contributed by atoms with Crippen LogP contribution in [0.3, 0.4) is 0 Å². The second-order valence-corrected chi connectivity index (χ2v) is 5.80. The lowest BCUT2D eigenvalue weighted by molar-refractivity contribution is -0.130. The quantitative estimate of drug-likeness (QED) is 0.855. The van der Waals surface area contributed by atoms with E-state index in [1.54, 1.807) is 6.07 Å². The molecule has 0 bridgehead atoms. The summed E-state index contributed by atoms with van der Waals surface area (Å²) < 4.78 is 5.41. The van der Waals surface area contributed by atoms with Gasteiger partial charge in [0.05, 0.1) is 6.54 Å². The van der Waals surface area contributed by atoms with Gasteiger partial charge in [-0.25, -0.2) is 0 Å². The van der Waals surface area contributed by atoms with Crippen molar-refractivity contribution in [3.8, 4) is 0 Å². The lowest BCUT2D eigenvalue weighted by atomic mass is 10.0. The molecule has 3 rings (SSSR count). The van der Waals surface area contributed by atoms with Crippen LogP contribution in [0.15, 0.2) is 16.5 Å². The van der Waals surface area contributed by atoms with E-state index in [9.17, 15) is 4.79 Å². The third-order valence-electron chi connectivity index (χ3n) is 4.04. The Labute approximate surface area is 118 Å². The van der Waals surface area contributed by atoms with Gasteiger partial charge in [-0.2, -0.15) is 0 Å². The molecule has 0 aliphatic carbocycles. The highest BCUT2D eigenvalue weighted by atomic mass is 35.5. The highest BCUT2D eigenvalue weighted by Crippen LogP contribution is 2.23. The smallest absolute Gasteiger partial charge is 0.222 e. The summed E-state index contributed by atoms with van der Waals surface area (Å²) in [6.45, 7) is 3.73. The van der Waals surface area contributed by atoms with Crippen LogP contribution in [0.1, 0.15) is 31.4 Å². The van der Waals surface area contributed by atoms with Gasteiger partial charge < -0.3 is 9.32 Å². The minimum atomic E-state index is 0.327. The maximum atomic E-state index is 11.8. The van der Waals surface area contributed by atoms with Gasteiger partial charge in [0.2, 0.25) is 5.91 Å². The number of rotatable bonds is 3. The summed E-state index contributed by atoms with van der Waals surface area (Å²) in [7, 11) is 0. The topological polar surface area (TPSA) is 36.7 Å². The van der Waals surface area contributed by atoms with Crippen LogP contribution in [0.4, 0.5) is 0 Å². The minimum Gasteiger partial charge on any atom is -0.448 e. The Bertz CT molecular complexity index is 460. The van der Waals surface area contributed by atoms with Crippen molar-refractivity contribution in [1.29, 1.82) is 0 Å². The largest absolute Gasteiger partial charge is 0.448 e. The van der Waals surface area contributed by atoms with Crippen LogP contribution in [0, 0.1) is 0 Å². The van der Waals surface area contributed by atoms with Crippen LogP contribution >= 0.6 is 11.6 Å². The van der Waals surface area contributed by atoms with Gasteiger partial charge in [-0.05, 0) is 49.5 Å². The summed E-state index contributed by atoms with van der Waals surface area (Å²) in [4.78, 5) is 16.2. The summed E-state index contributed by atoms with van der Waals surface area (Å²) in [5, 5.41) is 0.443. The maximum Gasteiger partial charge on any atom is 0.222 e. The molecule has 104 valence electrons. The molecule has 1 aromatic rings. The summed E-state index contributed by atoms with van der Waals surface area (Å²) >= 11 is 5.79. The highest BCUT2D eigenvalue weighted by Gasteiger charge is 2.31. The average molecular weight is 283 g/mol. The van der Waals surface area contributed by atoms with Crippen LogP contribution in [0.2, 0.25) is 5.22 Å². The number of amides is 1. The molecule has 0 radical (unpaired) electrons. The number of hydrogen-bond acceptors (Lipinski definition) is 3. The molecule has 0 spiro atoms. The molecule has 0 aromatic carbocycles. The molecule has 3 heterocycles. The van der Waals surface area contributed by atoms with Gasteiger partial charge in [-0.3, -0.25) is 9.69 Å². The predicted octanol–water partition coefficient (Wildman–Crippen LogP) is 2.52. The number of furan rings is 1. The van der Waals surface area contributed by atoms with E-state index in [0.717, 1.165) is 57.6 Å². The first kappa shape index (κ1) is 13.0. The van der Waals surface area contributed by atoms with E-state index in [4.69, 9.17) is 16.0 Å². The second-order valence-electron chi connectivity index (χ2n) is 5.43. The van der Waals surface area contributed by atoms with E-state index in [1.807, 2.05) is 6.07 Å². The molecule has 2 saturated heterocycles. The van der Waals surface area contributed by atoms with E-state index >= 15 is 0 Å². The van der Waals surface area contributed by atoms with E-state index in [-0.39, 0.29) is 0 Å². The van der Waals surface area contributed by atoms with Crippen molar-refractivity contribution in [3.63, 3.8) is 0 Å². The van der Waals surface area contributed by atoms with E-state index in [1.165, 1.54) is 0 Å². The van der Waals surface area contributed by atoms with Crippen molar-refractivity contribution in [2.45, 2.75) is 38.3 Å². The molecule has 1 amide bonds. The fourth-order valence-corrected chi connectivity index (χ4v) is 3.30. The second kappa shape index (κ2) is 5.55. The van der Waals surface area contributed by atoms with E-state index < -0.39 is 0 Å². The molecule has 1 aromatic heterocycles. The van der Waals surface area contributed by atoms with Crippen LogP contribution in [0.25, 0.3) is 0 Å². The van der Waals surface area contributed by atoms with Crippen molar-refractivity contribution in [2.75, 3.05) is 19.6 Å². The van der Waals surface area contributed by atoms with Gasteiger partial charge in [-0.1, -0.05) is 0 Å². The number of likely N-dealkylation sites (tertiary alicyclic amines) is 2. The van der Waals surface area contributed by atoms with Gasteiger partial charge in [0, 0.05) is 25.6 Å². The summed E-state index contributed by atoms with van der Waals surface area (Å²) in [6.07, 6.45) is 4.01. The van der Waals surface area contributed by atoms with Crippen molar-refractivity contribution in [3.05, 3.63) is 23.1 Å². The number of carbonyl (C=O) groups excluding carboxylic acids is 1. The Kier molecular flexibility index (Phi) is 3.80. The molecule has 1 unspecified atom stereocenters. The fourth-order valence-electron chi connectivity index (χ4n) is 3.14.